The second kappa shape index (κ2) is 7.35. The molecule has 0 radical (unpaired) electrons. The van der Waals surface area contributed by atoms with E-state index in [9.17, 15) is 15.0 Å². The summed E-state index contributed by atoms with van der Waals surface area (Å²) in [4.78, 5) is 23.4. The average molecular weight is 429 g/mol. The number of para-hydroxylation sites is 1. The molecule has 0 amide bonds. The smallest absolute Gasteiger partial charge is 0.227 e. The van der Waals surface area contributed by atoms with Crippen molar-refractivity contribution >= 4 is 10.9 Å². The summed E-state index contributed by atoms with van der Waals surface area (Å²) in [6.45, 7) is 1.63. The van der Waals surface area contributed by atoms with Crippen molar-refractivity contribution in [2.75, 3.05) is 7.11 Å². The number of H-pyrrole nitrogens is 2. The van der Waals surface area contributed by atoms with E-state index in [0.29, 0.717) is 28.5 Å². The van der Waals surface area contributed by atoms with Crippen LogP contribution in [0.5, 0.6) is 17.2 Å². The molecule has 0 atom stereocenters. The van der Waals surface area contributed by atoms with Crippen molar-refractivity contribution in [3.8, 4) is 51.3 Å². The summed E-state index contributed by atoms with van der Waals surface area (Å²) in [6.07, 6.45) is 1.83. The highest BCUT2D eigenvalue weighted by molar-refractivity contribution is 5.95. The van der Waals surface area contributed by atoms with Gasteiger partial charge in [0.2, 0.25) is 11.2 Å². The molecule has 0 spiro atoms. The number of nitrogens with one attached hydrogen (secondary N) is 2. The Morgan fingerprint density at radius 2 is 1.91 bits per heavy atom. The Balaban J connectivity index is 1.80. The summed E-state index contributed by atoms with van der Waals surface area (Å²) in [6, 6.07) is 13.8. The molecule has 0 aliphatic rings. The van der Waals surface area contributed by atoms with Crippen molar-refractivity contribution in [1.29, 1.82) is 0 Å². The van der Waals surface area contributed by atoms with E-state index in [0.717, 1.165) is 16.5 Å². The van der Waals surface area contributed by atoms with Crippen molar-refractivity contribution in [2.45, 2.75) is 6.92 Å². The van der Waals surface area contributed by atoms with Crippen molar-refractivity contribution < 1.29 is 19.4 Å². The molecule has 0 fully saturated rings. The molecular weight excluding hydrogens is 410 g/mol. The molecule has 0 unspecified atom stereocenters. The van der Waals surface area contributed by atoms with Gasteiger partial charge in [-0.1, -0.05) is 18.2 Å². The van der Waals surface area contributed by atoms with Gasteiger partial charge in [0.25, 0.3) is 0 Å². The molecular formula is C24H19N3O5. The molecule has 2 aromatic carbocycles. The number of methoxy groups -OCH3 is 1. The summed E-state index contributed by atoms with van der Waals surface area (Å²) in [7, 11) is 1.45. The molecule has 3 aromatic heterocycles. The third kappa shape index (κ3) is 3.09. The Labute approximate surface area is 181 Å². The molecule has 0 aliphatic carbocycles. The van der Waals surface area contributed by atoms with Crippen LogP contribution in [-0.2, 0) is 0 Å². The van der Waals surface area contributed by atoms with Gasteiger partial charge >= 0.3 is 0 Å². The second-order valence-corrected chi connectivity index (χ2v) is 7.34. The van der Waals surface area contributed by atoms with Crippen molar-refractivity contribution in [3.05, 3.63) is 70.7 Å². The predicted octanol–water partition coefficient (Wildman–Crippen LogP) is 4.57. The standard InChI is InChI=1S/C24H19N3O5/c1-12-9-18(29)22(30)23(32-12)21-20(13-7-8-17(28)19(10-13)31-2)26-24(27-21)15-11-25-16-6-4-3-5-14(15)16/h3-11,25,28,30H,1-2H3,(H,26,27). The fourth-order valence-electron chi connectivity index (χ4n) is 3.74. The van der Waals surface area contributed by atoms with E-state index in [-0.39, 0.29) is 17.3 Å². The van der Waals surface area contributed by atoms with Gasteiger partial charge in [0.15, 0.2) is 17.3 Å². The number of aromatic nitrogens is 3. The molecule has 0 saturated heterocycles. The maximum absolute atomic E-state index is 12.2. The molecule has 0 bridgehead atoms. The highest BCUT2D eigenvalue weighted by Crippen LogP contribution is 2.40. The van der Waals surface area contributed by atoms with Crippen LogP contribution >= 0.6 is 0 Å². The number of rotatable bonds is 4. The lowest BCUT2D eigenvalue weighted by Crippen LogP contribution is -2.01. The zero-order valence-corrected chi connectivity index (χ0v) is 17.3. The first kappa shape index (κ1) is 19.5. The Hall–Kier alpha value is -4.46. The first-order valence-corrected chi connectivity index (χ1v) is 9.84. The van der Waals surface area contributed by atoms with Crippen molar-refractivity contribution in [3.63, 3.8) is 0 Å². The molecule has 4 N–H and O–H groups in total. The third-order valence-corrected chi connectivity index (χ3v) is 5.27. The molecule has 5 rings (SSSR count). The number of nitrogens with zero attached hydrogens (tertiary/aromatic N) is 1. The van der Waals surface area contributed by atoms with Gasteiger partial charge in [-0.2, -0.15) is 0 Å². The summed E-state index contributed by atoms with van der Waals surface area (Å²) in [5.41, 5.74) is 2.55. The van der Waals surface area contributed by atoms with Crippen molar-refractivity contribution in [1.82, 2.24) is 15.0 Å². The van der Waals surface area contributed by atoms with Gasteiger partial charge in [-0.3, -0.25) is 4.79 Å². The van der Waals surface area contributed by atoms with E-state index in [4.69, 9.17) is 14.1 Å². The second-order valence-electron chi connectivity index (χ2n) is 7.34. The number of hydrogen-bond acceptors (Lipinski definition) is 6. The monoisotopic (exact) mass is 429 g/mol. The normalized spacial score (nSPS) is 11.2. The Morgan fingerprint density at radius 1 is 1.09 bits per heavy atom. The Kier molecular flexibility index (Phi) is 4.48. The number of imidazole rings is 1. The van der Waals surface area contributed by atoms with Gasteiger partial charge in [-0.25, -0.2) is 4.98 Å². The lowest BCUT2D eigenvalue weighted by Gasteiger charge is -2.08. The number of aromatic hydroxyl groups is 2. The van der Waals surface area contributed by atoms with E-state index >= 15 is 0 Å². The summed E-state index contributed by atoms with van der Waals surface area (Å²) in [5.74, 6) is 0.575. The zero-order valence-electron chi connectivity index (χ0n) is 17.3. The van der Waals surface area contributed by atoms with E-state index in [2.05, 4.69) is 9.97 Å². The number of aromatic amines is 2. The number of aryl methyl sites for hydroxylation is 1. The van der Waals surface area contributed by atoms with Crippen LogP contribution in [0, 0.1) is 6.92 Å². The third-order valence-electron chi connectivity index (χ3n) is 5.27. The van der Waals surface area contributed by atoms with Gasteiger partial charge in [0, 0.05) is 34.3 Å². The van der Waals surface area contributed by atoms with Gasteiger partial charge in [0.05, 0.1) is 7.11 Å². The van der Waals surface area contributed by atoms with E-state index < -0.39 is 11.2 Å². The first-order chi connectivity index (χ1) is 15.5. The number of fused-ring (bicyclic) bond motifs is 1. The van der Waals surface area contributed by atoms with Crippen LogP contribution < -0.4 is 10.2 Å². The van der Waals surface area contributed by atoms with Crippen LogP contribution in [0.4, 0.5) is 0 Å². The Bertz CT molecular complexity index is 1530. The Morgan fingerprint density at radius 3 is 2.72 bits per heavy atom. The zero-order chi connectivity index (χ0) is 22.4. The molecule has 160 valence electrons. The number of ether oxygens (including phenoxy) is 1. The van der Waals surface area contributed by atoms with E-state index in [1.54, 1.807) is 19.1 Å². The molecule has 32 heavy (non-hydrogen) atoms. The molecule has 0 saturated carbocycles. The summed E-state index contributed by atoms with van der Waals surface area (Å²) >= 11 is 0. The highest BCUT2D eigenvalue weighted by atomic mass is 16.5. The molecule has 3 heterocycles. The molecule has 8 nitrogen and oxygen atoms in total. The molecule has 8 heteroatoms. The molecule has 5 aromatic rings. The molecule has 0 aliphatic heterocycles. The van der Waals surface area contributed by atoms with Crippen LogP contribution in [0.3, 0.4) is 0 Å². The van der Waals surface area contributed by atoms with Crippen LogP contribution in [0.1, 0.15) is 5.76 Å². The number of phenols is 1. The average Bonchev–Trinajstić information content (AvgIpc) is 3.41. The highest BCUT2D eigenvalue weighted by Gasteiger charge is 2.23. The van der Waals surface area contributed by atoms with E-state index in [1.165, 1.54) is 19.2 Å². The fraction of sp³-hybridized carbons (Fsp3) is 0.0833. The quantitative estimate of drug-likeness (QED) is 0.332. The van der Waals surface area contributed by atoms with Gasteiger partial charge in [0.1, 0.15) is 23.0 Å². The lowest BCUT2D eigenvalue weighted by atomic mass is 10.1. The van der Waals surface area contributed by atoms with Crippen LogP contribution in [0.15, 0.2) is 63.9 Å². The number of benzene rings is 2. The van der Waals surface area contributed by atoms with Crippen LogP contribution in [0.2, 0.25) is 0 Å². The first-order valence-electron chi connectivity index (χ1n) is 9.84. The van der Waals surface area contributed by atoms with Gasteiger partial charge in [-0.15, -0.1) is 0 Å². The number of phenolic OH excluding ortho intramolecular Hbond substituents is 1. The maximum Gasteiger partial charge on any atom is 0.227 e. The topological polar surface area (TPSA) is 124 Å². The largest absolute Gasteiger partial charge is 0.504 e. The minimum Gasteiger partial charge on any atom is -0.504 e. The maximum atomic E-state index is 12.2. The SMILES string of the molecule is COc1cc(-c2nc(-c3c[nH]c4ccccc34)[nH]c2-c2oc(C)cc(=O)c2O)ccc1O. The summed E-state index contributed by atoms with van der Waals surface area (Å²) < 4.78 is 11.0. The summed E-state index contributed by atoms with van der Waals surface area (Å²) in [5, 5.41) is 21.4. The van der Waals surface area contributed by atoms with Gasteiger partial charge in [-0.05, 0) is 31.2 Å². The lowest BCUT2D eigenvalue weighted by molar-refractivity contribution is 0.373. The minimum absolute atomic E-state index is 0.0179. The van der Waals surface area contributed by atoms with Crippen molar-refractivity contribution in [2.24, 2.45) is 0 Å². The fourth-order valence-corrected chi connectivity index (χ4v) is 3.74. The minimum atomic E-state index is -0.554. The van der Waals surface area contributed by atoms with Gasteiger partial charge < -0.3 is 29.3 Å². The van der Waals surface area contributed by atoms with E-state index in [1.807, 2.05) is 30.5 Å². The van der Waals surface area contributed by atoms with Crippen LogP contribution in [0.25, 0.3) is 45.0 Å². The number of hydrogen-bond donors (Lipinski definition) is 4. The van der Waals surface area contributed by atoms with Crippen LogP contribution in [-0.4, -0.2) is 32.3 Å². The predicted molar refractivity (Wildman–Crippen MR) is 120 cm³/mol.